The van der Waals surface area contributed by atoms with Crippen molar-refractivity contribution in [3.8, 4) is 5.75 Å². The zero-order valence-electron chi connectivity index (χ0n) is 16.2. The molecule has 1 heterocycles. The molecular weight excluding hydrogens is 449 g/mol. The van der Waals surface area contributed by atoms with Gasteiger partial charge in [0.05, 0.1) is 11.6 Å². The highest BCUT2D eigenvalue weighted by molar-refractivity contribution is 5.97. The summed E-state index contributed by atoms with van der Waals surface area (Å²) < 4.78 is 96.6. The molecule has 0 unspecified atom stereocenters. The molecular formula is C20H15F7N2O3. The van der Waals surface area contributed by atoms with Gasteiger partial charge in [0.25, 0.3) is 5.91 Å². The quantitative estimate of drug-likeness (QED) is 0.379. The third-order valence-electron chi connectivity index (χ3n) is 4.89. The molecule has 5 nitrogen and oxygen atoms in total. The second kappa shape index (κ2) is 8.67. The second-order valence-corrected chi connectivity index (χ2v) is 7.06. The van der Waals surface area contributed by atoms with Crippen LogP contribution in [0, 0.1) is 22.7 Å². The van der Waals surface area contributed by atoms with Crippen LogP contribution in [0.4, 0.5) is 36.4 Å². The van der Waals surface area contributed by atoms with Crippen molar-refractivity contribution in [1.29, 1.82) is 0 Å². The fourth-order valence-electron chi connectivity index (χ4n) is 3.34. The number of alkyl halides is 4. The van der Waals surface area contributed by atoms with Gasteiger partial charge in [0.2, 0.25) is 6.04 Å². The van der Waals surface area contributed by atoms with Crippen LogP contribution in [0.5, 0.6) is 5.75 Å². The zero-order valence-corrected chi connectivity index (χ0v) is 16.2. The molecule has 3 rings (SSSR count). The second-order valence-electron chi connectivity index (χ2n) is 7.06. The normalized spacial score (nSPS) is 18.9. The molecule has 2 atom stereocenters. The number of nitrogens with one attached hydrogen (secondary N) is 1. The van der Waals surface area contributed by atoms with Crippen LogP contribution < -0.4 is 10.1 Å². The Kier molecular flexibility index (Phi) is 6.33. The number of ether oxygens (including phenoxy) is 1. The standard InChI is InChI=1S/C20H15F7N2O3/c1-9-7-11(10-5-6-12(21)15(8-10)32-20(26,27)19(24)25)17(29(9)31)18(30)28-14-4-2-3-13(22)16(14)23/h2-6,8,11,17,19H,7H2,1H3,(H,28,30)/t11-,17+/m1/s1. The van der Waals surface area contributed by atoms with Gasteiger partial charge in [-0.3, -0.25) is 4.79 Å². The van der Waals surface area contributed by atoms with Gasteiger partial charge in [0.1, 0.15) is 0 Å². The summed E-state index contributed by atoms with van der Waals surface area (Å²) in [6.07, 6.45) is -9.29. The van der Waals surface area contributed by atoms with E-state index in [4.69, 9.17) is 0 Å². The van der Waals surface area contributed by atoms with Gasteiger partial charge in [0.15, 0.2) is 28.9 Å². The number of hydrogen-bond acceptors (Lipinski definition) is 3. The van der Waals surface area contributed by atoms with Crippen molar-refractivity contribution in [2.45, 2.75) is 37.8 Å². The highest BCUT2D eigenvalue weighted by Gasteiger charge is 2.46. The predicted octanol–water partition coefficient (Wildman–Crippen LogP) is 4.81. The topological polar surface area (TPSA) is 64.4 Å². The summed E-state index contributed by atoms with van der Waals surface area (Å²) in [6, 6.07) is 3.86. The van der Waals surface area contributed by atoms with E-state index in [0.717, 1.165) is 24.3 Å². The smallest absolute Gasteiger partial charge is 0.461 e. The summed E-state index contributed by atoms with van der Waals surface area (Å²) in [6.45, 7) is 1.38. The highest BCUT2D eigenvalue weighted by atomic mass is 19.3. The zero-order chi connectivity index (χ0) is 23.8. The molecule has 0 aromatic heterocycles. The molecule has 0 aliphatic carbocycles. The number of benzene rings is 2. The van der Waals surface area contributed by atoms with Gasteiger partial charge >= 0.3 is 12.5 Å². The first-order chi connectivity index (χ1) is 14.9. The number of rotatable bonds is 6. The van der Waals surface area contributed by atoms with Crippen LogP contribution in [0.3, 0.4) is 0 Å². The maximum atomic E-state index is 13.9. The molecule has 0 bridgehead atoms. The van der Waals surface area contributed by atoms with Crippen molar-refractivity contribution in [1.82, 2.24) is 0 Å². The number of hydrogen-bond donors (Lipinski definition) is 1. The Balaban J connectivity index is 1.92. The molecule has 0 radical (unpaired) electrons. The lowest BCUT2D eigenvalue weighted by Gasteiger charge is -2.21. The maximum Gasteiger partial charge on any atom is 0.461 e. The minimum atomic E-state index is -4.98. The lowest BCUT2D eigenvalue weighted by Crippen LogP contribution is -2.37. The molecule has 1 aliphatic heterocycles. The van der Waals surface area contributed by atoms with Crippen LogP contribution >= 0.6 is 0 Å². The highest BCUT2D eigenvalue weighted by Crippen LogP contribution is 2.36. The first kappa shape index (κ1) is 23.4. The summed E-state index contributed by atoms with van der Waals surface area (Å²) in [7, 11) is 0. The van der Waals surface area contributed by atoms with Gasteiger partial charge in [0, 0.05) is 13.3 Å². The Labute approximate surface area is 176 Å². The molecule has 32 heavy (non-hydrogen) atoms. The summed E-state index contributed by atoms with van der Waals surface area (Å²) in [5.74, 6) is -7.27. The number of amides is 1. The summed E-state index contributed by atoms with van der Waals surface area (Å²) in [5, 5.41) is 14.6. The average molecular weight is 464 g/mol. The molecule has 1 aliphatic rings. The van der Waals surface area contributed by atoms with E-state index in [1.54, 1.807) is 0 Å². The number of halogens is 7. The molecule has 0 spiro atoms. The van der Waals surface area contributed by atoms with E-state index in [-0.39, 0.29) is 17.7 Å². The molecule has 0 saturated heterocycles. The molecule has 172 valence electrons. The third kappa shape index (κ3) is 4.48. The molecule has 0 fully saturated rings. The van der Waals surface area contributed by atoms with Crippen molar-refractivity contribution in [2.24, 2.45) is 0 Å². The van der Waals surface area contributed by atoms with E-state index >= 15 is 0 Å². The van der Waals surface area contributed by atoms with Crippen LogP contribution in [-0.2, 0) is 4.79 Å². The number of carbonyl (C=O) groups excluding carboxylic acids is 1. The SMILES string of the molecule is CC1=[N+]([O-])[C@H](C(=O)Nc2cccc(F)c2F)[C@@H](c2ccc(F)c(OC(F)(F)C(F)F)c2)C1. The summed E-state index contributed by atoms with van der Waals surface area (Å²) >= 11 is 0. The van der Waals surface area contributed by atoms with Gasteiger partial charge < -0.3 is 15.3 Å². The van der Waals surface area contributed by atoms with E-state index in [2.05, 4.69) is 10.1 Å². The molecule has 1 amide bonds. The fraction of sp³-hybridized carbons (Fsp3) is 0.300. The van der Waals surface area contributed by atoms with E-state index < -0.39 is 59.3 Å². The number of hydroxylamine groups is 1. The minimum absolute atomic E-state index is 0.0379. The largest absolute Gasteiger partial charge is 0.623 e. The Morgan fingerprint density at radius 1 is 1.19 bits per heavy atom. The first-order valence-electron chi connectivity index (χ1n) is 9.10. The van der Waals surface area contributed by atoms with Gasteiger partial charge in [-0.15, -0.1) is 0 Å². The van der Waals surface area contributed by atoms with Crippen molar-refractivity contribution >= 4 is 17.3 Å². The summed E-state index contributed by atoms with van der Waals surface area (Å²) in [5.41, 5.74) is -0.435. The first-order valence-corrected chi connectivity index (χ1v) is 9.10. The van der Waals surface area contributed by atoms with Crippen molar-refractivity contribution < 1.29 is 45.0 Å². The molecule has 1 N–H and O–H groups in total. The van der Waals surface area contributed by atoms with Crippen molar-refractivity contribution in [3.05, 3.63) is 64.6 Å². The lowest BCUT2D eigenvalue weighted by atomic mass is 9.89. The van der Waals surface area contributed by atoms with E-state index in [1.807, 2.05) is 0 Å². The Morgan fingerprint density at radius 2 is 1.88 bits per heavy atom. The average Bonchev–Trinajstić information content (AvgIpc) is 3.01. The molecule has 2 aromatic rings. The van der Waals surface area contributed by atoms with Crippen LogP contribution in [0.25, 0.3) is 0 Å². The van der Waals surface area contributed by atoms with E-state index in [9.17, 15) is 40.7 Å². The molecule has 2 aromatic carbocycles. The minimum Gasteiger partial charge on any atom is -0.623 e. The van der Waals surface area contributed by atoms with Gasteiger partial charge in [-0.2, -0.15) is 17.6 Å². The van der Waals surface area contributed by atoms with Gasteiger partial charge in [-0.05, 0) is 29.8 Å². The molecule has 12 heteroatoms. The lowest BCUT2D eigenvalue weighted by molar-refractivity contribution is -0.479. The fourth-order valence-corrected chi connectivity index (χ4v) is 3.34. The number of anilines is 1. The van der Waals surface area contributed by atoms with Gasteiger partial charge in [-0.1, -0.05) is 12.1 Å². The van der Waals surface area contributed by atoms with Crippen molar-refractivity contribution in [3.63, 3.8) is 0 Å². The van der Waals surface area contributed by atoms with Gasteiger partial charge in [-0.25, -0.2) is 17.9 Å². The Morgan fingerprint density at radius 3 is 2.53 bits per heavy atom. The van der Waals surface area contributed by atoms with Crippen molar-refractivity contribution in [2.75, 3.05) is 5.32 Å². The number of nitrogens with zero attached hydrogens (tertiary/aromatic N) is 1. The van der Waals surface area contributed by atoms with Crippen LogP contribution in [-0.4, -0.2) is 34.9 Å². The Hall–Kier alpha value is -3.31. The van der Waals surface area contributed by atoms with Crippen LogP contribution in [0.15, 0.2) is 36.4 Å². The monoisotopic (exact) mass is 464 g/mol. The molecule has 0 saturated carbocycles. The van der Waals surface area contributed by atoms with Crippen LogP contribution in [0.2, 0.25) is 0 Å². The van der Waals surface area contributed by atoms with E-state index in [1.165, 1.54) is 6.92 Å². The summed E-state index contributed by atoms with van der Waals surface area (Å²) in [4.78, 5) is 12.7. The third-order valence-corrected chi connectivity index (χ3v) is 4.89. The predicted molar refractivity (Wildman–Crippen MR) is 98.4 cm³/mol. The number of carbonyl (C=O) groups is 1. The Bertz CT molecular complexity index is 1080. The maximum absolute atomic E-state index is 13.9. The van der Waals surface area contributed by atoms with E-state index in [0.29, 0.717) is 16.9 Å². The van der Waals surface area contributed by atoms with Crippen LogP contribution in [0.1, 0.15) is 24.8 Å².